The highest BCUT2D eigenvalue weighted by Gasteiger charge is 2.13. The zero-order valence-corrected chi connectivity index (χ0v) is 12.0. The number of rotatable bonds is 5. The Morgan fingerprint density at radius 1 is 1.50 bits per heavy atom. The summed E-state index contributed by atoms with van der Waals surface area (Å²) < 4.78 is 8.07. The Hall–Kier alpha value is -0.390. The molecular weight excluding hydrogens is 270 g/mol. The molecule has 1 aromatic rings. The fourth-order valence-electron chi connectivity index (χ4n) is 1.28. The number of ether oxygens (including phenoxy) is 1. The molecular formula is C11H20BrN3O. The van der Waals surface area contributed by atoms with Crippen molar-refractivity contribution in [1.82, 2.24) is 15.1 Å². The van der Waals surface area contributed by atoms with E-state index in [-0.39, 0.29) is 5.54 Å². The van der Waals surface area contributed by atoms with E-state index in [9.17, 15) is 0 Å². The summed E-state index contributed by atoms with van der Waals surface area (Å²) >= 11 is 3.51. The van der Waals surface area contributed by atoms with Gasteiger partial charge >= 0.3 is 0 Å². The Labute approximate surface area is 105 Å². The fraction of sp³-hybridized carbons (Fsp3) is 0.727. The molecule has 1 aromatic heterocycles. The number of hydrogen-bond acceptors (Lipinski definition) is 3. The maximum Gasteiger partial charge on any atom is 0.0665 e. The summed E-state index contributed by atoms with van der Waals surface area (Å²) in [5.41, 5.74) is 1.27. The minimum atomic E-state index is 0.107. The van der Waals surface area contributed by atoms with Crippen LogP contribution in [0.4, 0.5) is 0 Å². The van der Waals surface area contributed by atoms with Crippen molar-refractivity contribution in [3.05, 3.63) is 16.4 Å². The summed E-state index contributed by atoms with van der Waals surface area (Å²) in [6.07, 6.45) is 1.83. The highest BCUT2D eigenvalue weighted by atomic mass is 79.9. The molecule has 92 valence electrons. The highest BCUT2D eigenvalue weighted by molar-refractivity contribution is 9.10. The van der Waals surface area contributed by atoms with Gasteiger partial charge in [0.05, 0.1) is 29.5 Å². The molecule has 5 heteroatoms. The molecule has 0 radical (unpaired) electrons. The van der Waals surface area contributed by atoms with Crippen molar-refractivity contribution < 1.29 is 4.74 Å². The van der Waals surface area contributed by atoms with Gasteiger partial charge in [0.15, 0.2) is 0 Å². The SMILES string of the molecule is COCCn1ncc(Br)c1CNC(C)(C)C. The lowest BCUT2D eigenvalue weighted by Crippen LogP contribution is -2.36. The maximum atomic E-state index is 5.06. The lowest BCUT2D eigenvalue weighted by Gasteiger charge is -2.21. The van der Waals surface area contributed by atoms with Crippen LogP contribution in [-0.2, 0) is 17.8 Å². The molecule has 0 bridgehead atoms. The van der Waals surface area contributed by atoms with Gasteiger partial charge in [-0.2, -0.15) is 5.10 Å². The maximum absolute atomic E-state index is 5.06. The largest absolute Gasteiger partial charge is 0.383 e. The normalized spacial score (nSPS) is 12.1. The minimum Gasteiger partial charge on any atom is -0.383 e. The third kappa shape index (κ3) is 4.23. The van der Waals surface area contributed by atoms with Crippen LogP contribution in [0.25, 0.3) is 0 Å². The van der Waals surface area contributed by atoms with E-state index in [1.54, 1.807) is 7.11 Å². The van der Waals surface area contributed by atoms with E-state index in [1.165, 1.54) is 0 Å². The molecule has 1 rings (SSSR count). The molecule has 1 N–H and O–H groups in total. The van der Waals surface area contributed by atoms with E-state index in [2.05, 4.69) is 47.1 Å². The van der Waals surface area contributed by atoms with Gasteiger partial charge in [-0.05, 0) is 36.7 Å². The van der Waals surface area contributed by atoms with Crippen LogP contribution in [0.1, 0.15) is 26.5 Å². The van der Waals surface area contributed by atoms with E-state index >= 15 is 0 Å². The standard InChI is InChI=1S/C11H20BrN3O/c1-11(2,3)13-8-10-9(12)7-14-15(10)5-6-16-4/h7,13H,5-6,8H2,1-4H3. The third-order valence-electron chi connectivity index (χ3n) is 2.19. The van der Waals surface area contributed by atoms with Crippen LogP contribution in [0.3, 0.4) is 0 Å². The predicted octanol–water partition coefficient (Wildman–Crippen LogP) is 2.18. The number of aromatic nitrogens is 2. The van der Waals surface area contributed by atoms with Crippen LogP contribution < -0.4 is 5.32 Å². The van der Waals surface area contributed by atoms with Crippen molar-refractivity contribution in [3.63, 3.8) is 0 Å². The first kappa shape index (κ1) is 13.7. The zero-order valence-electron chi connectivity index (χ0n) is 10.4. The summed E-state index contributed by atoms with van der Waals surface area (Å²) in [6.45, 7) is 8.71. The molecule has 0 aliphatic rings. The molecule has 0 fully saturated rings. The van der Waals surface area contributed by atoms with E-state index in [1.807, 2.05) is 10.9 Å². The van der Waals surface area contributed by atoms with Gasteiger partial charge in [-0.15, -0.1) is 0 Å². The molecule has 0 unspecified atom stereocenters. The molecule has 1 heterocycles. The first-order valence-electron chi connectivity index (χ1n) is 5.38. The monoisotopic (exact) mass is 289 g/mol. The number of nitrogens with one attached hydrogen (secondary N) is 1. The summed E-state index contributed by atoms with van der Waals surface area (Å²) in [5, 5.41) is 7.75. The molecule has 0 aromatic carbocycles. The quantitative estimate of drug-likeness (QED) is 0.903. The highest BCUT2D eigenvalue weighted by Crippen LogP contribution is 2.16. The predicted molar refractivity (Wildman–Crippen MR) is 68.4 cm³/mol. The lowest BCUT2D eigenvalue weighted by molar-refractivity contribution is 0.182. The van der Waals surface area contributed by atoms with Crippen LogP contribution >= 0.6 is 15.9 Å². The van der Waals surface area contributed by atoms with Crippen molar-refractivity contribution in [2.24, 2.45) is 0 Å². The summed E-state index contributed by atoms with van der Waals surface area (Å²) in [5.74, 6) is 0. The summed E-state index contributed by atoms with van der Waals surface area (Å²) in [7, 11) is 1.70. The Kier molecular flexibility index (Phi) is 4.95. The lowest BCUT2D eigenvalue weighted by atomic mass is 10.1. The average Bonchev–Trinajstić information content (AvgIpc) is 2.52. The zero-order chi connectivity index (χ0) is 12.2. The second kappa shape index (κ2) is 5.80. The fourth-order valence-corrected chi connectivity index (χ4v) is 1.72. The second-order valence-corrected chi connectivity index (χ2v) is 5.61. The Morgan fingerprint density at radius 2 is 2.19 bits per heavy atom. The first-order chi connectivity index (χ1) is 7.44. The van der Waals surface area contributed by atoms with Crippen LogP contribution in [0, 0.1) is 0 Å². The smallest absolute Gasteiger partial charge is 0.0665 e. The molecule has 0 saturated carbocycles. The molecule has 0 saturated heterocycles. The van der Waals surface area contributed by atoms with Gasteiger partial charge in [0, 0.05) is 19.2 Å². The van der Waals surface area contributed by atoms with E-state index in [0.29, 0.717) is 6.61 Å². The van der Waals surface area contributed by atoms with Gasteiger partial charge in [-0.1, -0.05) is 0 Å². The van der Waals surface area contributed by atoms with Crippen molar-refractivity contribution in [3.8, 4) is 0 Å². The summed E-state index contributed by atoms with van der Waals surface area (Å²) in [4.78, 5) is 0. The van der Waals surface area contributed by atoms with Gasteiger partial charge in [-0.25, -0.2) is 0 Å². The van der Waals surface area contributed by atoms with Crippen LogP contribution in [0.5, 0.6) is 0 Å². The van der Waals surface area contributed by atoms with Crippen LogP contribution in [0.15, 0.2) is 10.7 Å². The second-order valence-electron chi connectivity index (χ2n) is 4.76. The summed E-state index contributed by atoms with van der Waals surface area (Å²) in [6, 6.07) is 0. The van der Waals surface area contributed by atoms with Gasteiger partial charge in [0.25, 0.3) is 0 Å². The van der Waals surface area contributed by atoms with Crippen molar-refractivity contribution >= 4 is 15.9 Å². The van der Waals surface area contributed by atoms with Crippen LogP contribution in [-0.4, -0.2) is 29.0 Å². The van der Waals surface area contributed by atoms with E-state index in [0.717, 1.165) is 23.3 Å². The van der Waals surface area contributed by atoms with Crippen LogP contribution in [0.2, 0.25) is 0 Å². The Balaban J connectivity index is 2.66. The minimum absolute atomic E-state index is 0.107. The first-order valence-corrected chi connectivity index (χ1v) is 6.17. The topological polar surface area (TPSA) is 39.1 Å². The Morgan fingerprint density at radius 3 is 2.75 bits per heavy atom. The van der Waals surface area contributed by atoms with E-state index in [4.69, 9.17) is 4.74 Å². The number of hydrogen-bond donors (Lipinski definition) is 1. The number of nitrogens with zero attached hydrogens (tertiary/aromatic N) is 2. The molecule has 0 aliphatic carbocycles. The number of methoxy groups -OCH3 is 1. The van der Waals surface area contributed by atoms with Crippen molar-refractivity contribution in [2.75, 3.05) is 13.7 Å². The molecule has 16 heavy (non-hydrogen) atoms. The van der Waals surface area contributed by atoms with Crippen molar-refractivity contribution in [1.29, 1.82) is 0 Å². The molecule has 4 nitrogen and oxygen atoms in total. The molecule has 0 spiro atoms. The van der Waals surface area contributed by atoms with Gasteiger partial charge in [0.2, 0.25) is 0 Å². The molecule has 0 aliphatic heterocycles. The van der Waals surface area contributed by atoms with Gasteiger partial charge in [-0.3, -0.25) is 4.68 Å². The molecule has 0 amide bonds. The number of halogens is 1. The van der Waals surface area contributed by atoms with E-state index < -0.39 is 0 Å². The molecule has 0 atom stereocenters. The average molecular weight is 290 g/mol. The van der Waals surface area contributed by atoms with Gasteiger partial charge < -0.3 is 10.1 Å². The third-order valence-corrected chi connectivity index (χ3v) is 2.85. The Bertz CT molecular complexity index is 330. The van der Waals surface area contributed by atoms with Crippen molar-refractivity contribution in [2.45, 2.75) is 39.4 Å². The van der Waals surface area contributed by atoms with Gasteiger partial charge in [0.1, 0.15) is 0 Å².